The number of hydrogen-bond acceptors (Lipinski definition) is 2. The lowest BCUT2D eigenvalue weighted by Crippen LogP contribution is -2.32. The van der Waals surface area contributed by atoms with Crippen LogP contribution in [-0.4, -0.2) is 12.6 Å². The minimum absolute atomic E-state index is 0.510. The van der Waals surface area contributed by atoms with Gasteiger partial charge in [0.2, 0.25) is 0 Å². The van der Waals surface area contributed by atoms with Crippen molar-refractivity contribution in [3.05, 3.63) is 59.0 Å². The Bertz CT molecular complexity index is 531. The molecular weight excluding hydrogens is 258 g/mol. The van der Waals surface area contributed by atoms with Crippen LogP contribution in [0.4, 0.5) is 0 Å². The first kappa shape index (κ1) is 15.8. The van der Waals surface area contributed by atoms with Crippen molar-refractivity contribution < 1.29 is 4.42 Å². The molecule has 1 heterocycles. The summed E-state index contributed by atoms with van der Waals surface area (Å²) >= 11 is 0. The van der Waals surface area contributed by atoms with Gasteiger partial charge in [-0.1, -0.05) is 30.7 Å². The van der Waals surface area contributed by atoms with E-state index in [2.05, 4.69) is 50.4 Å². The molecule has 0 aliphatic carbocycles. The molecule has 0 radical (unpaired) electrons. The highest BCUT2D eigenvalue weighted by atomic mass is 16.3. The Morgan fingerprint density at radius 3 is 2.76 bits per heavy atom. The first-order chi connectivity index (χ1) is 10.2. The van der Waals surface area contributed by atoms with E-state index in [-0.39, 0.29) is 0 Å². The lowest BCUT2D eigenvalue weighted by Gasteiger charge is -2.19. The summed E-state index contributed by atoms with van der Waals surface area (Å²) in [5, 5.41) is 3.69. The largest absolute Gasteiger partial charge is 0.469 e. The predicted molar refractivity (Wildman–Crippen MR) is 88.7 cm³/mol. The van der Waals surface area contributed by atoms with E-state index in [0.717, 1.165) is 31.6 Å². The van der Waals surface area contributed by atoms with Gasteiger partial charge in [0.1, 0.15) is 5.76 Å². The summed E-state index contributed by atoms with van der Waals surface area (Å²) in [5.74, 6) is 1.08. The smallest absolute Gasteiger partial charge is 0.103 e. The van der Waals surface area contributed by atoms with Gasteiger partial charge in [0, 0.05) is 12.5 Å². The molecule has 1 N–H and O–H groups in total. The van der Waals surface area contributed by atoms with E-state index < -0.39 is 0 Å². The van der Waals surface area contributed by atoms with Crippen molar-refractivity contribution in [3.63, 3.8) is 0 Å². The number of benzene rings is 1. The first-order valence-electron chi connectivity index (χ1n) is 8.01. The summed E-state index contributed by atoms with van der Waals surface area (Å²) in [6.07, 6.45) is 6.13. The van der Waals surface area contributed by atoms with Crippen molar-refractivity contribution >= 4 is 0 Å². The van der Waals surface area contributed by atoms with Crippen molar-refractivity contribution in [2.75, 3.05) is 6.54 Å². The first-order valence-corrected chi connectivity index (χ1v) is 8.01. The number of hydrogen-bond donors (Lipinski definition) is 1. The SMILES string of the molecule is CCCNC(CCc1ccco1)Cc1cc(C)ccc1C. The van der Waals surface area contributed by atoms with Crippen LogP contribution in [0.5, 0.6) is 0 Å². The van der Waals surface area contributed by atoms with Gasteiger partial charge in [-0.15, -0.1) is 0 Å². The average Bonchev–Trinajstić information content (AvgIpc) is 2.99. The number of rotatable bonds is 8. The zero-order chi connectivity index (χ0) is 15.1. The second kappa shape index (κ2) is 8.04. The molecule has 1 aromatic heterocycles. The molecule has 2 heteroatoms. The molecule has 1 aromatic carbocycles. The minimum Gasteiger partial charge on any atom is -0.469 e. The molecule has 0 amide bonds. The monoisotopic (exact) mass is 285 g/mol. The lowest BCUT2D eigenvalue weighted by molar-refractivity contribution is 0.441. The Labute approximate surface area is 128 Å². The molecule has 114 valence electrons. The molecule has 2 rings (SSSR count). The molecule has 0 bridgehead atoms. The van der Waals surface area contributed by atoms with E-state index in [4.69, 9.17) is 4.42 Å². The third-order valence-electron chi connectivity index (χ3n) is 3.97. The highest BCUT2D eigenvalue weighted by Gasteiger charge is 2.11. The third kappa shape index (κ3) is 5.05. The fraction of sp³-hybridized carbons (Fsp3) is 0.474. The van der Waals surface area contributed by atoms with E-state index in [9.17, 15) is 0 Å². The zero-order valence-corrected chi connectivity index (χ0v) is 13.5. The molecule has 0 aliphatic heterocycles. The molecule has 0 saturated heterocycles. The van der Waals surface area contributed by atoms with E-state index in [1.54, 1.807) is 6.26 Å². The van der Waals surface area contributed by atoms with Gasteiger partial charge in [-0.25, -0.2) is 0 Å². The molecule has 0 fully saturated rings. The van der Waals surface area contributed by atoms with Gasteiger partial charge in [0.15, 0.2) is 0 Å². The number of furan rings is 1. The third-order valence-corrected chi connectivity index (χ3v) is 3.97. The van der Waals surface area contributed by atoms with Crippen LogP contribution >= 0.6 is 0 Å². The van der Waals surface area contributed by atoms with Crippen molar-refractivity contribution in [3.8, 4) is 0 Å². The van der Waals surface area contributed by atoms with Crippen LogP contribution < -0.4 is 5.32 Å². The average molecular weight is 285 g/mol. The van der Waals surface area contributed by atoms with Crippen LogP contribution in [0.25, 0.3) is 0 Å². The van der Waals surface area contributed by atoms with Crippen molar-refractivity contribution in [2.45, 2.75) is 52.5 Å². The molecule has 0 aliphatic rings. The molecule has 2 nitrogen and oxygen atoms in total. The molecule has 2 aromatic rings. The van der Waals surface area contributed by atoms with Gasteiger partial charge in [0.25, 0.3) is 0 Å². The van der Waals surface area contributed by atoms with Gasteiger partial charge < -0.3 is 9.73 Å². The summed E-state index contributed by atoms with van der Waals surface area (Å²) in [5.41, 5.74) is 4.20. The van der Waals surface area contributed by atoms with Crippen molar-refractivity contribution in [1.29, 1.82) is 0 Å². The van der Waals surface area contributed by atoms with E-state index in [1.807, 2.05) is 6.07 Å². The summed E-state index contributed by atoms with van der Waals surface area (Å²) in [7, 11) is 0. The Morgan fingerprint density at radius 1 is 1.19 bits per heavy atom. The topological polar surface area (TPSA) is 25.2 Å². The quantitative estimate of drug-likeness (QED) is 0.775. The Morgan fingerprint density at radius 2 is 2.05 bits per heavy atom. The van der Waals surface area contributed by atoms with E-state index >= 15 is 0 Å². The Kier molecular flexibility index (Phi) is 6.06. The summed E-state index contributed by atoms with van der Waals surface area (Å²) in [4.78, 5) is 0. The van der Waals surface area contributed by atoms with E-state index in [1.165, 1.54) is 23.1 Å². The van der Waals surface area contributed by atoms with Gasteiger partial charge in [-0.3, -0.25) is 0 Å². The summed E-state index contributed by atoms with van der Waals surface area (Å²) in [6.45, 7) is 7.67. The standard InChI is InChI=1S/C19H27NO/c1-4-11-20-18(9-10-19-6-5-12-21-19)14-17-13-15(2)7-8-16(17)3/h5-8,12-13,18,20H,4,9-11,14H2,1-3H3. The lowest BCUT2D eigenvalue weighted by atomic mass is 9.96. The highest BCUT2D eigenvalue weighted by molar-refractivity contribution is 5.31. The highest BCUT2D eigenvalue weighted by Crippen LogP contribution is 2.15. The maximum atomic E-state index is 5.45. The molecular formula is C19H27NO. The second-order valence-electron chi connectivity index (χ2n) is 5.90. The van der Waals surface area contributed by atoms with Crippen LogP contribution in [-0.2, 0) is 12.8 Å². The minimum atomic E-state index is 0.510. The van der Waals surface area contributed by atoms with Gasteiger partial charge in [-0.2, -0.15) is 0 Å². The zero-order valence-electron chi connectivity index (χ0n) is 13.5. The van der Waals surface area contributed by atoms with Crippen LogP contribution in [0, 0.1) is 13.8 Å². The number of aryl methyl sites for hydroxylation is 3. The van der Waals surface area contributed by atoms with Gasteiger partial charge in [0.05, 0.1) is 6.26 Å². The van der Waals surface area contributed by atoms with Crippen LogP contribution in [0.2, 0.25) is 0 Å². The molecule has 0 saturated carbocycles. The van der Waals surface area contributed by atoms with Crippen molar-refractivity contribution in [2.24, 2.45) is 0 Å². The van der Waals surface area contributed by atoms with Gasteiger partial charge in [-0.05, 0) is 62.9 Å². The van der Waals surface area contributed by atoms with Crippen LogP contribution in [0.1, 0.15) is 42.2 Å². The number of nitrogens with one attached hydrogen (secondary N) is 1. The summed E-state index contributed by atoms with van der Waals surface area (Å²) < 4.78 is 5.45. The van der Waals surface area contributed by atoms with Crippen LogP contribution in [0.15, 0.2) is 41.0 Å². The van der Waals surface area contributed by atoms with E-state index in [0.29, 0.717) is 6.04 Å². The Balaban J connectivity index is 1.99. The molecule has 21 heavy (non-hydrogen) atoms. The fourth-order valence-corrected chi connectivity index (χ4v) is 2.68. The Hall–Kier alpha value is -1.54. The maximum absolute atomic E-state index is 5.45. The van der Waals surface area contributed by atoms with Crippen LogP contribution in [0.3, 0.4) is 0 Å². The normalized spacial score (nSPS) is 12.5. The molecule has 1 unspecified atom stereocenters. The summed E-state index contributed by atoms with van der Waals surface area (Å²) in [6, 6.07) is 11.3. The van der Waals surface area contributed by atoms with Gasteiger partial charge >= 0.3 is 0 Å². The predicted octanol–water partition coefficient (Wildman–Crippen LogP) is 4.44. The molecule has 0 spiro atoms. The maximum Gasteiger partial charge on any atom is 0.103 e. The van der Waals surface area contributed by atoms with Crippen molar-refractivity contribution in [1.82, 2.24) is 5.32 Å². The second-order valence-corrected chi connectivity index (χ2v) is 5.90. The molecule has 1 atom stereocenters. The fourth-order valence-electron chi connectivity index (χ4n) is 2.68.